The van der Waals surface area contributed by atoms with Crippen LogP contribution in [0, 0.1) is 5.92 Å². The number of fused-ring (bicyclic) bond motifs is 1. The molecule has 27 heavy (non-hydrogen) atoms. The standard InChI is InChI=1S/C22H32N2O3/c1-6-7-10-24-13-18(17-11-14(2)23-20(17)21(24)25)16-9-8-15(22(3,4)26)12-19(16)27-5/h6-9,12,14,17-18,20,23,26H,10-11,13H2,1-5H3/b7-6+. The molecule has 5 heteroatoms. The van der Waals surface area contributed by atoms with Gasteiger partial charge in [-0.05, 0) is 57.2 Å². The van der Waals surface area contributed by atoms with Crippen LogP contribution in [0.2, 0.25) is 0 Å². The summed E-state index contributed by atoms with van der Waals surface area (Å²) in [5.41, 5.74) is 1.03. The molecule has 0 bridgehead atoms. The van der Waals surface area contributed by atoms with Gasteiger partial charge in [-0.1, -0.05) is 24.3 Å². The molecule has 1 aromatic carbocycles. The fourth-order valence-corrected chi connectivity index (χ4v) is 4.48. The minimum atomic E-state index is -0.918. The highest BCUT2D eigenvalue weighted by molar-refractivity contribution is 5.84. The summed E-state index contributed by atoms with van der Waals surface area (Å²) in [7, 11) is 1.67. The molecule has 2 aliphatic heterocycles. The number of methoxy groups -OCH3 is 1. The van der Waals surface area contributed by atoms with Crippen molar-refractivity contribution >= 4 is 5.91 Å². The molecule has 3 rings (SSSR count). The Bertz CT molecular complexity index is 723. The molecule has 0 aliphatic carbocycles. The van der Waals surface area contributed by atoms with E-state index in [1.54, 1.807) is 21.0 Å². The normalized spacial score (nSPS) is 28.7. The van der Waals surface area contributed by atoms with Gasteiger partial charge in [0.15, 0.2) is 0 Å². The van der Waals surface area contributed by atoms with Crippen molar-refractivity contribution in [1.29, 1.82) is 0 Å². The van der Waals surface area contributed by atoms with Gasteiger partial charge in [0.25, 0.3) is 0 Å². The highest BCUT2D eigenvalue weighted by atomic mass is 16.5. The number of likely N-dealkylation sites (tertiary alicyclic amines) is 1. The van der Waals surface area contributed by atoms with Crippen molar-refractivity contribution in [2.45, 2.75) is 57.7 Å². The lowest BCUT2D eigenvalue weighted by Gasteiger charge is -2.40. The Labute approximate surface area is 162 Å². The van der Waals surface area contributed by atoms with Crippen molar-refractivity contribution < 1.29 is 14.6 Å². The van der Waals surface area contributed by atoms with Gasteiger partial charge in [0, 0.05) is 25.0 Å². The van der Waals surface area contributed by atoms with E-state index in [1.165, 1.54) is 0 Å². The van der Waals surface area contributed by atoms with E-state index >= 15 is 0 Å². The summed E-state index contributed by atoms with van der Waals surface area (Å²) >= 11 is 0. The molecule has 4 atom stereocenters. The van der Waals surface area contributed by atoms with Crippen LogP contribution in [0.15, 0.2) is 30.4 Å². The van der Waals surface area contributed by atoms with Gasteiger partial charge >= 0.3 is 0 Å². The minimum Gasteiger partial charge on any atom is -0.496 e. The molecule has 2 fully saturated rings. The van der Waals surface area contributed by atoms with Gasteiger partial charge in [-0.3, -0.25) is 4.79 Å². The van der Waals surface area contributed by atoms with Gasteiger partial charge < -0.3 is 20.1 Å². The Kier molecular flexibility index (Phi) is 5.63. The number of rotatable bonds is 5. The zero-order valence-electron chi connectivity index (χ0n) is 17.0. The van der Waals surface area contributed by atoms with Crippen molar-refractivity contribution in [3.05, 3.63) is 41.5 Å². The van der Waals surface area contributed by atoms with E-state index in [4.69, 9.17) is 4.74 Å². The Morgan fingerprint density at radius 3 is 2.78 bits per heavy atom. The molecular weight excluding hydrogens is 340 g/mol. The number of carbonyl (C=O) groups is 1. The Balaban J connectivity index is 1.99. The van der Waals surface area contributed by atoms with Gasteiger partial charge in [0.05, 0.1) is 18.8 Å². The summed E-state index contributed by atoms with van der Waals surface area (Å²) in [5.74, 6) is 1.46. The summed E-state index contributed by atoms with van der Waals surface area (Å²) < 4.78 is 5.70. The molecule has 2 saturated heterocycles. The van der Waals surface area contributed by atoms with E-state index in [2.05, 4.69) is 18.3 Å². The van der Waals surface area contributed by atoms with E-state index in [9.17, 15) is 9.90 Å². The molecule has 1 amide bonds. The highest BCUT2D eigenvalue weighted by Crippen LogP contribution is 2.43. The highest BCUT2D eigenvalue weighted by Gasteiger charge is 2.48. The van der Waals surface area contributed by atoms with Gasteiger partial charge in [-0.2, -0.15) is 0 Å². The van der Waals surface area contributed by atoms with Crippen LogP contribution in [-0.2, 0) is 10.4 Å². The number of nitrogens with one attached hydrogen (secondary N) is 1. The molecule has 2 heterocycles. The molecule has 4 unspecified atom stereocenters. The number of hydrogen-bond donors (Lipinski definition) is 2. The van der Waals surface area contributed by atoms with Crippen LogP contribution in [0.3, 0.4) is 0 Å². The summed E-state index contributed by atoms with van der Waals surface area (Å²) in [4.78, 5) is 14.9. The van der Waals surface area contributed by atoms with Crippen LogP contribution in [0.25, 0.3) is 0 Å². The first-order chi connectivity index (χ1) is 12.8. The first-order valence-corrected chi connectivity index (χ1v) is 9.83. The summed E-state index contributed by atoms with van der Waals surface area (Å²) in [5, 5.41) is 13.8. The molecule has 1 aromatic rings. The van der Waals surface area contributed by atoms with Crippen LogP contribution in [0.4, 0.5) is 0 Å². The molecule has 148 valence electrons. The second-order valence-electron chi connectivity index (χ2n) is 8.38. The number of nitrogens with zero attached hydrogens (tertiary/aromatic N) is 1. The van der Waals surface area contributed by atoms with Gasteiger partial charge in [-0.25, -0.2) is 0 Å². The summed E-state index contributed by atoms with van der Waals surface area (Å²) in [6.07, 6.45) is 5.00. The Hall–Kier alpha value is -1.85. The van der Waals surface area contributed by atoms with Crippen LogP contribution >= 0.6 is 0 Å². The third-order valence-electron chi connectivity index (χ3n) is 5.93. The first kappa shape index (κ1) is 19.9. The molecule has 2 aliphatic rings. The zero-order chi connectivity index (χ0) is 19.8. The summed E-state index contributed by atoms with van der Waals surface area (Å²) in [6.45, 7) is 9.00. The topological polar surface area (TPSA) is 61.8 Å². The second kappa shape index (κ2) is 7.64. The van der Waals surface area contributed by atoms with E-state index in [-0.39, 0.29) is 23.8 Å². The fraction of sp³-hybridized carbons (Fsp3) is 0.591. The van der Waals surface area contributed by atoms with Crippen LogP contribution in [-0.4, -0.2) is 48.2 Å². The van der Waals surface area contributed by atoms with E-state index in [0.717, 1.165) is 23.3 Å². The number of amides is 1. The van der Waals surface area contributed by atoms with E-state index in [0.29, 0.717) is 19.1 Å². The lowest BCUT2D eigenvalue weighted by atomic mass is 9.76. The monoisotopic (exact) mass is 372 g/mol. The number of benzene rings is 1. The predicted molar refractivity (Wildman–Crippen MR) is 107 cm³/mol. The SMILES string of the molecule is C/C=C/CN1CC(c2ccc(C(C)(C)O)cc2OC)C2CC(C)NC2C1=O. The van der Waals surface area contributed by atoms with E-state index in [1.807, 2.05) is 36.1 Å². The Morgan fingerprint density at radius 1 is 1.41 bits per heavy atom. The lowest BCUT2D eigenvalue weighted by molar-refractivity contribution is -0.137. The van der Waals surface area contributed by atoms with Crippen molar-refractivity contribution in [3.63, 3.8) is 0 Å². The van der Waals surface area contributed by atoms with Crippen molar-refractivity contribution in [1.82, 2.24) is 10.2 Å². The molecule has 0 aromatic heterocycles. The average Bonchev–Trinajstić information content (AvgIpc) is 3.02. The molecule has 0 radical (unpaired) electrons. The molecule has 0 saturated carbocycles. The number of piperidine rings is 1. The minimum absolute atomic E-state index is 0.136. The number of hydrogen-bond acceptors (Lipinski definition) is 4. The van der Waals surface area contributed by atoms with Gasteiger partial charge in [0.2, 0.25) is 5.91 Å². The van der Waals surface area contributed by atoms with Crippen molar-refractivity contribution in [2.24, 2.45) is 5.92 Å². The fourth-order valence-electron chi connectivity index (χ4n) is 4.48. The zero-order valence-corrected chi connectivity index (χ0v) is 17.0. The number of ether oxygens (including phenoxy) is 1. The largest absolute Gasteiger partial charge is 0.496 e. The third-order valence-corrected chi connectivity index (χ3v) is 5.93. The van der Waals surface area contributed by atoms with Crippen LogP contribution < -0.4 is 10.1 Å². The number of aliphatic hydroxyl groups is 1. The second-order valence-corrected chi connectivity index (χ2v) is 8.38. The quantitative estimate of drug-likeness (QED) is 0.781. The molecule has 5 nitrogen and oxygen atoms in total. The van der Waals surface area contributed by atoms with Crippen LogP contribution in [0.1, 0.15) is 51.2 Å². The molecular formula is C22H32N2O3. The first-order valence-electron chi connectivity index (χ1n) is 9.83. The number of allylic oxidation sites excluding steroid dienone is 1. The third kappa shape index (κ3) is 3.90. The maximum atomic E-state index is 12.9. The summed E-state index contributed by atoms with van der Waals surface area (Å²) in [6, 6.07) is 6.17. The van der Waals surface area contributed by atoms with Gasteiger partial charge in [0.1, 0.15) is 5.75 Å². The van der Waals surface area contributed by atoms with Crippen LogP contribution in [0.5, 0.6) is 5.75 Å². The van der Waals surface area contributed by atoms with Gasteiger partial charge in [-0.15, -0.1) is 0 Å². The average molecular weight is 373 g/mol. The maximum absolute atomic E-state index is 12.9. The predicted octanol–water partition coefficient (Wildman–Crippen LogP) is 2.79. The Morgan fingerprint density at radius 2 is 2.15 bits per heavy atom. The molecule has 2 N–H and O–H groups in total. The van der Waals surface area contributed by atoms with E-state index < -0.39 is 5.60 Å². The van der Waals surface area contributed by atoms with Crippen molar-refractivity contribution in [3.8, 4) is 5.75 Å². The lowest BCUT2D eigenvalue weighted by Crippen LogP contribution is -2.54. The molecule has 0 spiro atoms. The number of carbonyl (C=O) groups excluding carboxylic acids is 1. The smallest absolute Gasteiger partial charge is 0.240 e. The maximum Gasteiger partial charge on any atom is 0.240 e. The van der Waals surface area contributed by atoms with Crippen molar-refractivity contribution in [2.75, 3.05) is 20.2 Å².